The fourth-order valence-corrected chi connectivity index (χ4v) is 2.49. The highest BCUT2D eigenvalue weighted by Crippen LogP contribution is 2.27. The summed E-state index contributed by atoms with van der Waals surface area (Å²) in [6, 6.07) is 5.69. The van der Waals surface area contributed by atoms with E-state index in [0.29, 0.717) is 0 Å². The van der Waals surface area contributed by atoms with Gasteiger partial charge in [0.25, 0.3) is 0 Å². The highest BCUT2D eigenvalue weighted by molar-refractivity contribution is 9.10. The van der Waals surface area contributed by atoms with Crippen molar-refractivity contribution in [3.8, 4) is 0 Å². The van der Waals surface area contributed by atoms with E-state index in [-0.39, 0.29) is 18.7 Å². The number of aryl methyl sites for hydroxylation is 1. The van der Waals surface area contributed by atoms with Crippen LogP contribution in [0, 0.1) is 5.41 Å². The van der Waals surface area contributed by atoms with Gasteiger partial charge in [0.1, 0.15) is 0 Å². The molecule has 5 heteroatoms. The summed E-state index contributed by atoms with van der Waals surface area (Å²) < 4.78 is 0.971. The lowest BCUT2D eigenvalue weighted by atomic mass is 9.85. The highest BCUT2D eigenvalue weighted by Gasteiger charge is 2.25. The fraction of sp³-hybridized carbons (Fsp3) is 0.467. The van der Waals surface area contributed by atoms with Crippen LogP contribution in [0.4, 0.5) is 5.69 Å². The summed E-state index contributed by atoms with van der Waals surface area (Å²) in [4.78, 5) is 22.8. The summed E-state index contributed by atoms with van der Waals surface area (Å²) in [5.74, 6) is -1.05. The lowest BCUT2D eigenvalue weighted by molar-refractivity contribution is -0.139. The third-order valence-electron chi connectivity index (χ3n) is 2.99. The van der Waals surface area contributed by atoms with Crippen molar-refractivity contribution in [1.82, 2.24) is 0 Å². The molecule has 20 heavy (non-hydrogen) atoms. The number of benzene rings is 1. The molecule has 0 bridgehead atoms. The van der Waals surface area contributed by atoms with Gasteiger partial charge in [-0.1, -0.05) is 36.7 Å². The van der Waals surface area contributed by atoms with Gasteiger partial charge in [-0.25, -0.2) is 0 Å². The molecule has 1 rings (SSSR count). The first-order valence-electron chi connectivity index (χ1n) is 6.53. The monoisotopic (exact) mass is 341 g/mol. The van der Waals surface area contributed by atoms with Gasteiger partial charge < -0.3 is 10.4 Å². The lowest BCUT2D eigenvalue weighted by Gasteiger charge is -2.22. The molecule has 110 valence electrons. The minimum Gasteiger partial charge on any atom is -0.481 e. The maximum absolute atomic E-state index is 12.0. The smallest absolute Gasteiger partial charge is 0.303 e. The fourth-order valence-electron chi connectivity index (χ4n) is 2.08. The predicted octanol–water partition coefficient (Wildman–Crippen LogP) is 3.84. The zero-order valence-electron chi connectivity index (χ0n) is 12.0. The molecule has 4 nitrogen and oxygen atoms in total. The van der Waals surface area contributed by atoms with Crippen molar-refractivity contribution in [3.63, 3.8) is 0 Å². The molecule has 0 aromatic heterocycles. The van der Waals surface area contributed by atoms with Crippen LogP contribution < -0.4 is 5.32 Å². The minimum atomic E-state index is -0.888. The van der Waals surface area contributed by atoms with Gasteiger partial charge >= 0.3 is 5.97 Å². The van der Waals surface area contributed by atoms with Crippen LogP contribution in [0.5, 0.6) is 0 Å². The minimum absolute atomic E-state index is 0.0264. The average Bonchev–Trinajstić information content (AvgIpc) is 2.28. The summed E-state index contributed by atoms with van der Waals surface area (Å²) in [6.45, 7) is 5.58. The van der Waals surface area contributed by atoms with Crippen LogP contribution in [0.3, 0.4) is 0 Å². The Labute approximate surface area is 127 Å². The van der Waals surface area contributed by atoms with E-state index in [2.05, 4.69) is 21.2 Å². The quantitative estimate of drug-likeness (QED) is 0.825. The average molecular weight is 342 g/mol. The standard InChI is InChI=1S/C15H20BrNO3/c1-4-10-7-11(16)5-6-12(10)17-13(18)8-15(2,3)9-14(19)20/h5-7H,4,8-9H2,1-3H3,(H,17,18)(H,19,20). The first kappa shape index (κ1) is 16.7. The molecule has 0 saturated heterocycles. The third-order valence-corrected chi connectivity index (χ3v) is 3.48. The molecular weight excluding hydrogens is 322 g/mol. The molecule has 2 N–H and O–H groups in total. The van der Waals surface area contributed by atoms with Crippen LogP contribution in [-0.2, 0) is 16.0 Å². The number of carboxylic acids is 1. The van der Waals surface area contributed by atoms with Gasteiger partial charge in [0.15, 0.2) is 0 Å². The van der Waals surface area contributed by atoms with E-state index in [9.17, 15) is 9.59 Å². The molecule has 0 spiro atoms. The Hall–Kier alpha value is -1.36. The second kappa shape index (κ2) is 6.88. The van der Waals surface area contributed by atoms with E-state index >= 15 is 0 Å². The largest absolute Gasteiger partial charge is 0.481 e. The molecule has 0 radical (unpaired) electrons. The summed E-state index contributed by atoms with van der Waals surface area (Å²) in [5, 5.41) is 11.7. The molecule has 0 fully saturated rings. The van der Waals surface area contributed by atoms with Crippen molar-refractivity contribution in [2.45, 2.75) is 40.0 Å². The number of amides is 1. The molecule has 1 aromatic carbocycles. The van der Waals surface area contributed by atoms with Gasteiger partial charge in [-0.3, -0.25) is 9.59 Å². The Kier molecular flexibility index (Phi) is 5.74. The van der Waals surface area contributed by atoms with Crippen molar-refractivity contribution < 1.29 is 14.7 Å². The van der Waals surface area contributed by atoms with Crippen LogP contribution in [0.2, 0.25) is 0 Å². The molecule has 0 aliphatic carbocycles. The van der Waals surface area contributed by atoms with Gasteiger partial charge in [-0.15, -0.1) is 0 Å². The third kappa shape index (κ3) is 5.33. The molecule has 0 heterocycles. The zero-order chi connectivity index (χ0) is 15.3. The van der Waals surface area contributed by atoms with E-state index < -0.39 is 11.4 Å². The molecule has 0 unspecified atom stereocenters. The van der Waals surface area contributed by atoms with Crippen LogP contribution >= 0.6 is 15.9 Å². The Morgan fingerprint density at radius 2 is 1.95 bits per heavy atom. The van der Waals surface area contributed by atoms with Crippen molar-refractivity contribution >= 4 is 33.5 Å². The van der Waals surface area contributed by atoms with Gasteiger partial charge in [0, 0.05) is 16.6 Å². The SMILES string of the molecule is CCc1cc(Br)ccc1NC(=O)CC(C)(C)CC(=O)O. The van der Waals surface area contributed by atoms with Crippen LogP contribution in [-0.4, -0.2) is 17.0 Å². The molecule has 1 aromatic rings. The molecule has 0 atom stereocenters. The first-order chi connectivity index (χ1) is 9.23. The van der Waals surface area contributed by atoms with E-state index in [0.717, 1.165) is 22.1 Å². The molecule has 0 aliphatic rings. The van der Waals surface area contributed by atoms with Crippen LogP contribution in [0.25, 0.3) is 0 Å². The first-order valence-corrected chi connectivity index (χ1v) is 7.33. The number of carbonyl (C=O) groups is 2. The number of hydrogen-bond acceptors (Lipinski definition) is 2. The normalized spacial score (nSPS) is 11.2. The Balaban J connectivity index is 2.74. The molecule has 0 aliphatic heterocycles. The summed E-state index contributed by atoms with van der Waals surface area (Å²) >= 11 is 3.40. The van der Waals surface area contributed by atoms with E-state index in [1.54, 1.807) is 13.8 Å². The maximum Gasteiger partial charge on any atom is 0.303 e. The van der Waals surface area contributed by atoms with Crippen LogP contribution in [0.1, 0.15) is 39.2 Å². The second-order valence-corrected chi connectivity index (χ2v) is 6.53. The number of carboxylic acid groups (broad SMARTS) is 1. The topological polar surface area (TPSA) is 66.4 Å². The Morgan fingerprint density at radius 3 is 2.50 bits per heavy atom. The number of aliphatic carboxylic acids is 1. The Bertz CT molecular complexity index is 512. The van der Waals surface area contributed by atoms with Gasteiger partial charge in [-0.05, 0) is 35.6 Å². The van der Waals surface area contributed by atoms with E-state index in [1.807, 2.05) is 25.1 Å². The highest BCUT2D eigenvalue weighted by atomic mass is 79.9. The molecule has 1 amide bonds. The number of nitrogens with one attached hydrogen (secondary N) is 1. The number of halogens is 1. The van der Waals surface area contributed by atoms with Gasteiger partial charge in [-0.2, -0.15) is 0 Å². The van der Waals surface area contributed by atoms with Crippen molar-refractivity contribution in [2.75, 3.05) is 5.32 Å². The van der Waals surface area contributed by atoms with Gasteiger partial charge in [0.05, 0.1) is 6.42 Å². The van der Waals surface area contributed by atoms with Crippen LogP contribution in [0.15, 0.2) is 22.7 Å². The number of hydrogen-bond donors (Lipinski definition) is 2. The molecule has 0 saturated carbocycles. The summed E-state index contributed by atoms with van der Waals surface area (Å²) in [5.41, 5.74) is 1.27. The van der Waals surface area contributed by atoms with Crippen molar-refractivity contribution in [2.24, 2.45) is 5.41 Å². The van der Waals surface area contributed by atoms with E-state index in [1.165, 1.54) is 0 Å². The van der Waals surface area contributed by atoms with Gasteiger partial charge in [0.2, 0.25) is 5.91 Å². The zero-order valence-corrected chi connectivity index (χ0v) is 13.6. The molecular formula is C15H20BrNO3. The second-order valence-electron chi connectivity index (χ2n) is 5.61. The lowest BCUT2D eigenvalue weighted by Crippen LogP contribution is -2.25. The van der Waals surface area contributed by atoms with E-state index in [4.69, 9.17) is 5.11 Å². The predicted molar refractivity (Wildman–Crippen MR) is 82.8 cm³/mol. The van der Waals surface area contributed by atoms with Crippen molar-refractivity contribution in [3.05, 3.63) is 28.2 Å². The summed E-state index contributed by atoms with van der Waals surface area (Å²) in [6.07, 6.45) is 0.966. The Morgan fingerprint density at radius 1 is 1.30 bits per heavy atom. The number of rotatable bonds is 6. The van der Waals surface area contributed by atoms with Crippen molar-refractivity contribution in [1.29, 1.82) is 0 Å². The maximum atomic E-state index is 12.0. The number of anilines is 1. The number of carbonyl (C=O) groups excluding carboxylic acids is 1. The summed E-state index contributed by atoms with van der Waals surface area (Å²) in [7, 11) is 0.